The maximum Gasteiger partial charge on any atom is 0.0106 e. The van der Waals surface area contributed by atoms with E-state index in [1.165, 1.54) is 0 Å². The van der Waals surface area contributed by atoms with Gasteiger partial charge in [-0.2, -0.15) is 0 Å². The molecule has 2 heterocycles. The van der Waals surface area contributed by atoms with E-state index < -0.39 is 0 Å². The lowest BCUT2D eigenvalue weighted by Gasteiger charge is -2.24. The van der Waals surface area contributed by atoms with Crippen LogP contribution >= 0.6 is 0 Å². The van der Waals surface area contributed by atoms with Gasteiger partial charge in [-0.3, -0.25) is 0 Å². The lowest BCUT2D eigenvalue weighted by molar-refractivity contribution is 0.532. The van der Waals surface area contributed by atoms with Crippen molar-refractivity contribution in [1.82, 2.24) is 9.80 Å². The zero-order valence-corrected chi connectivity index (χ0v) is 8.67. The minimum Gasteiger partial charge on any atom is -0.358 e. The third kappa shape index (κ3) is 1.90. The van der Waals surface area contributed by atoms with Crippen LogP contribution in [0.1, 0.15) is 0 Å². The number of rotatable bonds is 1. The molecule has 74 valence electrons. The van der Waals surface area contributed by atoms with E-state index in [2.05, 4.69) is 58.9 Å². The van der Waals surface area contributed by atoms with Gasteiger partial charge < -0.3 is 9.80 Å². The first-order valence-corrected chi connectivity index (χ1v) is 4.93. The Morgan fingerprint density at radius 2 is 0.929 bits per heavy atom. The van der Waals surface area contributed by atoms with E-state index in [1.807, 2.05) is 14.1 Å². The Morgan fingerprint density at radius 1 is 0.643 bits per heavy atom. The minimum absolute atomic E-state index is 0.507. The molecule has 0 aromatic heterocycles. The summed E-state index contributed by atoms with van der Waals surface area (Å²) in [4.78, 5) is 4.14. The topological polar surface area (TPSA) is 6.48 Å². The van der Waals surface area contributed by atoms with Crippen LogP contribution in [0.5, 0.6) is 0 Å². The maximum absolute atomic E-state index is 2.24. The van der Waals surface area contributed by atoms with E-state index in [1.54, 1.807) is 0 Å². The van der Waals surface area contributed by atoms with Gasteiger partial charge in [0.15, 0.2) is 0 Å². The van der Waals surface area contributed by atoms with Gasteiger partial charge in [-0.05, 0) is 24.8 Å². The molecule has 2 aliphatic heterocycles. The first kappa shape index (κ1) is 9.13. The molecular formula is C12H16N2. The molecule has 0 N–H and O–H groups in total. The highest BCUT2D eigenvalue weighted by Gasteiger charge is 2.15. The quantitative estimate of drug-likeness (QED) is 0.622. The van der Waals surface area contributed by atoms with Crippen molar-refractivity contribution in [3.8, 4) is 0 Å². The first-order chi connectivity index (χ1) is 6.75. The molecule has 2 nitrogen and oxygen atoms in total. The van der Waals surface area contributed by atoms with Gasteiger partial charge in [-0.1, -0.05) is 24.3 Å². The van der Waals surface area contributed by atoms with Crippen LogP contribution < -0.4 is 0 Å². The van der Waals surface area contributed by atoms with Gasteiger partial charge in [0.2, 0.25) is 0 Å². The fourth-order valence-electron chi connectivity index (χ4n) is 1.68. The van der Waals surface area contributed by atoms with Crippen LogP contribution in [0.25, 0.3) is 0 Å². The van der Waals surface area contributed by atoms with Crippen LogP contribution in [0.15, 0.2) is 49.1 Å². The smallest absolute Gasteiger partial charge is 0.0106 e. The molecule has 0 fully saturated rings. The Hall–Kier alpha value is -1.44. The Balaban J connectivity index is 2.04. The molecule has 0 spiro atoms. The van der Waals surface area contributed by atoms with Crippen molar-refractivity contribution in [2.24, 2.45) is 11.8 Å². The van der Waals surface area contributed by atoms with Crippen molar-refractivity contribution in [1.29, 1.82) is 0 Å². The maximum atomic E-state index is 2.24. The minimum atomic E-state index is 0.507. The molecule has 2 aliphatic rings. The molecule has 0 unspecified atom stereocenters. The van der Waals surface area contributed by atoms with Crippen molar-refractivity contribution >= 4 is 0 Å². The van der Waals surface area contributed by atoms with Gasteiger partial charge in [0, 0.05) is 25.9 Å². The third-order valence-electron chi connectivity index (χ3n) is 2.62. The third-order valence-corrected chi connectivity index (χ3v) is 2.62. The van der Waals surface area contributed by atoms with E-state index >= 15 is 0 Å². The van der Waals surface area contributed by atoms with Crippen LogP contribution in [-0.4, -0.2) is 23.9 Å². The zero-order valence-electron chi connectivity index (χ0n) is 8.67. The van der Waals surface area contributed by atoms with Crippen LogP contribution in [-0.2, 0) is 0 Å². The molecule has 2 rings (SSSR count). The number of hydrogen-bond donors (Lipinski definition) is 0. The molecule has 2 heteroatoms. The second-order valence-corrected chi connectivity index (χ2v) is 3.85. The standard InChI is InChI=1S/C12H16N2/c1-13-7-3-11(4-8-13)12-5-9-14(2)10-6-12/h3-12H,1-2H3. The first-order valence-electron chi connectivity index (χ1n) is 4.93. The summed E-state index contributed by atoms with van der Waals surface area (Å²) < 4.78 is 0. The molecule has 0 radical (unpaired) electrons. The molecule has 0 atom stereocenters. The average molecular weight is 188 g/mol. The summed E-state index contributed by atoms with van der Waals surface area (Å²) >= 11 is 0. The molecule has 0 saturated heterocycles. The van der Waals surface area contributed by atoms with E-state index in [4.69, 9.17) is 0 Å². The Bertz CT molecular complexity index is 252. The Morgan fingerprint density at radius 3 is 1.21 bits per heavy atom. The highest BCUT2D eigenvalue weighted by molar-refractivity contribution is 5.18. The molecule has 0 amide bonds. The largest absolute Gasteiger partial charge is 0.358 e. The van der Waals surface area contributed by atoms with E-state index in [0.29, 0.717) is 11.8 Å². The van der Waals surface area contributed by atoms with Crippen molar-refractivity contribution < 1.29 is 0 Å². The normalized spacial score (nSPS) is 22.4. The monoisotopic (exact) mass is 188 g/mol. The van der Waals surface area contributed by atoms with Crippen LogP contribution in [0.4, 0.5) is 0 Å². The van der Waals surface area contributed by atoms with Gasteiger partial charge >= 0.3 is 0 Å². The SMILES string of the molecule is CN1C=CC(C2C=CN(C)C=C2)C=C1. The van der Waals surface area contributed by atoms with E-state index in [-0.39, 0.29) is 0 Å². The highest BCUT2D eigenvalue weighted by Crippen LogP contribution is 2.23. The van der Waals surface area contributed by atoms with Gasteiger partial charge in [0.05, 0.1) is 0 Å². The lowest BCUT2D eigenvalue weighted by Crippen LogP contribution is -2.16. The van der Waals surface area contributed by atoms with Crippen LogP contribution in [0.2, 0.25) is 0 Å². The van der Waals surface area contributed by atoms with Gasteiger partial charge in [0.1, 0.15) is 0 Å². The van der Waals surface area contributed by atoms with Gasteiger partial charge in [-0.25, -0.2) is 0 Å². The molecule has 0 aromatic rings. The fourth-order valence-corrected chi connectivity index (χ4v) is 1.68. The summed E-state index contributed by atoms with van der Waals surface area (Å²) in [7, 11) is 4.09. The summed E-state index contributed by atoms with van der Waals surface area (Å²) in [5.74, 6) is 1.01. The van der Waals surface area contributed by atoms with Crippen molar-refractivity contribution in [2.45, 2.75) is 0 Å². The summed E-state index contributed by atoms with van der Waals surface area (Å²) in [5, 5.41) is 0. The summed E-state index contributed by atoms with van der Waals surface area (Å²) in [6.45, 7) is 0. The van der Waals surface area contributed by atoms with Gasteiger partial charge in [0.25, 0.3) is 0 Å². The molecule has 0 aromatic carbocycles. The van der Waals surface area contributed by atoms with Crippen molar-refractivity contribution in [3.05, 3.63) is 49.1 Å². The second-order valence-electron chi connectivity index (χ2n) is 3.85. The Labute approximate surface area is 85.5 Å². The summed E-state index contributed by atoms with van der Waals surface area (Å²) in [5.41, 5.74) is 0. The second kappa shape index (κ2) is 3.74. The highest BCUT2D eigenvalue weighted by atomic mass is 15.1. The van der Waals surface area contributed by atoms with Gasteiger partial charge in [-0.15, -0.1) is 0 Å². The average Bonchev–Trinajstić information content (AvgIpc) is 2.21. The number of hydrogen-bond acceptors (Lipinski definition) is 2. The fraction of sp³-hybridized carbons (Fsp3) is 0.333. The van der Waals surface area contributed by atoms with Crippen LogP contribution in [0, 0.1) is 11.8 Å². The predicted molar refractivity (Wildman–Crippen MR) is 59.1 cm³/mol. The predicted octanol–water partition coefficient (Wildman–Crippen LogP) is 2.16. The molecule has 0 bridgehead atoms. The van der Waals surface area contributed by atoms with Crippen LogP contribution in [0.3, 0.4) is 0 Å². The number of allylic oxidation sites excluding steroid dienone is 4. The zero-order chi connectivity index (χ0) is 9.97. The lowest BCUT2D eigenvalue weighted by atomic mass is 9.90. The molecule has 0 saturated carbocycles. The summed E-state index contributed by atoms with van der Waals surface area (Å²) in [6, 6.07) is 0. The molecule has 0 aliphatic carbocycles. The van der Waals surface area contributed by atoms with E-state index in [0.717, 1.165) is 0 Å². The summed E-state index contributed by atoms with van der Waals surface area (Å²) in [6.07, 6.45) is 17.4. The molecular weight excluding hydrogens is 172 g/mol. The van der Waals surface area contributed by atoms with E-state index in [9.17, 15) is 0 Å². The van der Waals surface area contributed by atoms with Crippen molar-refractivity contribution in [3.63, 3.8) is 0 Å². The number of nitrogens with zero attached hydrogens (tertiary/aromatic N) is 2. The Kier molecular flexibility index (Phi) is 2.44. The molecule has 14 heavy (non-hydrogen) atoms. The van der Waals surface area contributed by atoms with Crippen molar-refractivity contribution in [2.75, 3.05) is 14.1 Å².